The van der Waals surface area contributed by atoms with Crippen molar-refractivity contribution in [2.75, 3.05) is 45.2 Å². The number of piperidine rings is 1. The van der Waals surface area contributed by atoms with Crippen molar-refractivity contribution in [3.05, 3.63) is 11.1 Å². The first kappa shape index (κ1) is 15.7. The smallest absolute Gasteiger partial charge is 0.185 e. The van der Waals surface area contributed by atoms with Crippen molar-refractivity contribution in [1.82, 2.24) is 15.2 Å². The molecular formula is C15H28N4S. The van der Waals surface area contributed by atoms with Gasteiger partial charge < -0.3 is 15.1 Å². The maximum atomic E-state index is 4.60. The summed E-state index contributed by atoms with van der Waals surface area (Å²) in [4.78, 5) is 10.7. The Bertz CT molecular complexity index is 383. The molecule has 1 saturated heterocycles. The number of hydrogen-bond acceptors (Lipinski definition) is 5. The van der Waals surface area contributed by atoms with Gasteiger partial charge in [0, 0.05) is 37.3 Å². The van der Waals surface area contributed by atoms with Gasteiger partial charge in [0.25, 0.3) is 0 Å². The molecule has 0 unspecified atom stereocenters. The highest BCUT2D eigenvalue weighted by Crippen LogP contribution is 2.27. The van der Waals surface area contributed by atoms with Gasteiger partial charge in [-0.1, -0.05) is 6.92 Å². The van der Waals surface area contributed by atoms with E-state index in [2.05, 4.69) is 41.1 Å². The monoisotopic (exact) mass is 296 g/mol. The standard InChI is InChI=1S/C15H28N4S/c1-4-7-16-10-14-11-17-15(20-14)19-8-5-13(6-9-19)12-18(2)3/h11,13,16H,4-10,12H2,1-3H3. The third kappa shape index (κ3) is 4.72. The summed E-state index contributed by atoms with van der Waals surface area (Å²) in [5.41, 5.74) is 0. The van der Waals surface area contributed by atoms with Crippen molar-refractivity contribution in [2.24, 2.45) is 5.92 Å². The third-order valence-electron chi connectivity index (χ3n) is 3.78. The summed E-state index contributed by atoms with van der Waals surface area (Å²) in [6.45, 7) is 7.79. The molecule has 20 heavy (non-hydrogen) atoms. The van der Waals surface area contributed by atoms with Crippen LogP contribution in [-0.2, 0) is 6.54 Å². The lowest BCUT2D eigenvalue weighted by atomic mass is 9.97. The summed E-state index contributed by atoms with van der Waals surface area (Å²) in [5, 5.41) is 4.65. The first-order valence-corrected chi connectivity index (χ1v) is 8.55. The van der Waals surface area contributed by atoms with Gasteiger partial charge >= 0.3 is 0 Å². The Morgan fingerprint density at radius 2 is 2.15 bits per heavy atom. The lowest BCUT2D eigenvalue weighted by molar-refractivity contribution is 0.285. The van der Waals surface area contributed by atoms with Gasteiger partial charge in [-0.25, -0.2) is 4.98 Å². The van der Waals surface area contributed by atoms with Crippen LogP contribution in [0.2, 0.25) is 0 Å². The largest absolute Gasteiger partial charge is 0.348 e. The average Bonchev–Trinajstić information content (AvgIpc) is 2.88. The van der Waals surface area contributed by atoms with Crippen LogP contribution in [0.4, 0.5) is 5.13 Å². The van der Waals surface area contributed by atoms with E-state index < -0.39 is 0 Å². The Labute approximate surface area is 127 Å². The van der Waals surface area contributed by atoms with E-state index in [1.165, 1.54) is 35.8 Å². The Balaban J connectivity index is 1.78. The summed E-state index contributed by atoms with van der Waals surface area (Å²) < 4.78 is 0. The zero-order valence-electron chi connectivity index (χ0n) is 13.1. The minimum absolute atomic E-state index is 0.854. The highest BCUT2D eigenvalue weighted by atomic mass is 32.1. The van der Waals surface area contributed by atoms with Crippen LogP contribution < -0.4 is 10.2 Å². The SMILES string of the molecule is CCCNCc1cnc(N2CCC(CN(C)C)CC2)s1. The van der Waals surface area contributed by atoms with Crippen LogP contribution in [0.25, 0.3) is 0 Å². The van der Waals surface area contributed by atoms with Gasteiger partial charge in [0.1, 0.15) is 0 Å². The molecule has 2 heterocycles. The van der Waals surface area contributed by atoms with Crippen molar-refractivity contribution in [1.29, 1.82) is 0 Å². The van der Waals surface area contributed by atoms with Crippen molar-refractivity contribution in [2.45, 2.75) is 32.7 Å². The van der Waals surface area contributed by atoms with Crippen molar-refractivity contribution in [3.63, 3.8) is 0 Å². The molecule has 1 aromatic heterocycles. The van der Waals surface area contributed by atoms with Crippen LogP contribution in [0.3, 0.4) is 0 Å². The van der Waals surface area contributed by atoms with E-state index in [1.54, 1.807) is 0 Å². The molecule has 1 aliphatic rings. The highest BCUT2D eigenvalue weighted by Gasteiger charge is 2.21. The van der Waals surface area contributed by atoms with Crippen LogP contribution in [-0.4, -0.2) is 50.2 Å². The van der Waals surface area contributed by atoms with Gasteiger partial charge in [-0.3, -0.25) is 0 Å². The van der Waals surface area contributed by atoms with E-state index >= 15 is 0 Å². The molecule has 0 aromatic carbocycles. The van der Waals surface area contributed by atoms with E-state index in [-0.39, 0.29) is 0 Å². The normalized spacial score (nSPS) is 17.1. The molecule has 0 bridgehead atoms. The van der Waals surface area contributed by atoms with E-state index in [9.17, 15) is 0 Å². The second-order valence-electron chi connectivity index (χ2n) is 5.98. The van der Waals surface area contributed by atoms with Crippen molar-refractivity contribution >= 4 is 16.5 Å². The predicted molar refractivity (Wildman–Crippen MR) is 87.6 cm³/mol. The zero-order valence-corrected chi connectivity index (χ0v) is 13.9. The number of nitrogens with zero attached hydrogens (tertiary/aromatic N) is 3. The molecule has 1 aromatic rings. The summed E-state index contributed by atoms with van der Waals surface area (Å²) in [6, 6.07) is 0. The minimum atomic E-state index is 0.854. The van der Waals surface area contributed by atoms with Gasteiger partial charge in [-0.05, 0) is 45.8 Å². The fraction of sp³-hybridized carbons (Fsp3) is 0.800. The van der Waals surface area contributed by atoms with Crippen LogP contribution in [0.1, 0.15) is 31.1 Å². The molecule has 1 N–H and O–H groups in total. The first-order valence-electron chi connectivity index (χ1n) is 7.74. The molecule has 0 aliphatic carbocycles. The molecule has 1 fully saturated rings. The van der Waals surface area contributed by atoms with Gasteiger partial charge in [0.2, 0.25) is 0 Å². The fourth-order valence-electron chi connectivity index (χ4n) is 2.74. The highest BCUT2D eigenvalue weighted by molar-refractivity contribution is 7.15. The molecule has 0 saturated carbocycles. The molecule has 0 spiro atoms. The average molecular weight is 296 g/mol. The molecule has 0 atom stereocenters. The minimum Gasteiger partial charge on any atom is -0.348 e. The van der Waals surface area contributed by atoms with Crippen molar-refractivity contribution < 1.29 is 0 Å². The zero-order chi connectivity index (χ0) is 14.4. The number of nitrogens with one attached hydrogen (secondary N) is 1. The maximum absolute atomic E-state index is 4.60. The Hall–Kier alpha value is -0.650. The fourth-order valence-corrected chi connectivity index (χ4v) is 3.67. The van der Waals surface area contributed by atoms with E-state index in [0.717, 1.165) is 32.1 Å². The summed E-state index contributed by atoms with van der Waals surface area (Å²) >= 11 is 1.85. The predicted octanol–water partition coefficient (Wildman–Crippen LogP) is 2.42. The van der Waals surface area contributed by atoms with Crippen molar-refractivity contribution in [3.8, 4) is 0 Å². The second kappa shape index (κ2) is 7.96. The molecule has 4 nitrogen and oxygen atoms in total. The third-order valence-corrected chi connectivity index (χ3v) is 4.83. The van der Waals surface area contributed by atoms with E-state index in [1.807, 2.05) is 17.5 Å². The number of anilines is 1. The van der Waals surface area contributed by atoms with Gasteiger partial charge in [-0.15, -0.1) is 11.3 Å². The Kier molecular flexibility index (Phi) is 6.26. The molecule has 1 aliphatic heterocycles. The Morgan fingerprint density at radius 3 is 2.80 bits per heavy atom. The lowest BCUT2D eigenvalue weighted by Gasteiger charge is -2.32. The van der Waals surface area contributed by atoms with Gasteiger partial charge in [-0.2, -0.15) is 0 Å². The summed E-state index contributed by atoms with van der Waals surface area (Å²) in [6.07, 6.45) is 5.81. The summed E-state index contributed by atoms with van der Waals surface area (Å²) in [5.74, 6) is 0.854. The van der Waals surface area contributed by atoms with Crippen LogP contribution in [0.5, 0.6) is 0 Å². The molecule has 2 rings (SSSR count). The van der Waals surface area contributed by atoms with Gasteiger partial charge in [0.05, 0.1) is 0 Å². The molecule has 114 valence electrons. The number of thiazole rings is 1. The number of hydrogen-bond donors (Lipinski definition) is 1. The van der Waals surface area contributed by atoms with Gasteiger partial charge in [0.15, 0.2) is 5.13 Å². The molecule has 0 amide bonds. The summed E-state index contributed by atoms with van der Waals surface area (Å²) in [7, 11) is 4.34. The van der Waals surface area contributed by atoms with E-state index in [4.69, 9.17) is 0 Å². The van der Waals surface area contributed by atoms with Crippen LogP contribution >= 0.6 is 11.3 Å². The Morgan fingerprint density at radius 1 is 1.40 bits per heavy atom. The topological polar surface area (TPSA) is 31.4 Å². The number of aromatic nitrogens is 1. The van der Waals surface area contributed by atoms with Crippen LogP contribution in [0.15, 0.2) is 6.20 Å². The molecular weight excluding hydrogens is 268 g/mol. The second-order valence-corrected chi connectivity index (χ2v) is 7.07. The first-order chi connectivity index (χ1) is 9.69. The molecule has 5 heteroatoms. The van der Waals surface area contributed by atoms with Crippen LogP contribution in [0, 0.1) is 5.92 Å². The van der Waals surface area contributed by atoms with E-state index in [0.29, 0.717) is 0 Å². The maximum Gasteiger partial charge on any atom is 0.185 e. The quantitative estimate of drug-likeness (QED) is 0.783. The lowest BCUT2D eigenvalue weighted by Crippen LogP contribution is -2.37. The number of rotatable bonds is 7. The molecule has 0 radical (unpaired) electrons.